The molecule has 0 saturated carbocycles. The van der Waals surface area contributed by atoms with Crippen molar-refractivity contribution >= 4 is 94.2 Å². The van der Waals surface area contributed by atoms with E-state index in [1.54, 1.807) is 0 Å². The Bertz CT molecular complexity index is 1940. The minimum absolute atomic E-state index is 0. The molecule has 0 bridgehead atoms. The first-order valence-corrected chi connectivity index (χ1v) is 18.2. The molecule has 300 valence electrons. The molecule has 14 heteroatoms. The number of amides is 3. The number of aliphatic imine (C=N–C) groups is 1. The average Bonchev–Trinajstić information content (AvgIpc) is 3.94. The van der Waals surface area contributed by atoms with Gasteiger partial charge in [-0.15, -0.1) is 0 Å². The third-order valence-electron chi connectivity index (χ3n) is 10.6. The highest BCUT2D eigenvalue weighted by Gasteiger charge is 2.41. The number of nitrogens with zero attached hydrogens (tertiary/aromatic N) is 4. The SMILES string of the molecule is COC(=O)N[C@H](C(=O)N1CCC[C@H]1c1nc2ccc(C#Cc3ccc(C4=CN=C([C@@H]5CCCN5C(=O)[C@@H](C)C(C)C)C4)cc3)cc2[nH]1)C(C)(C)C.S.S.S.S. The van der Waals surface area contributed by atoms with Gasteiger partial charge in [0, 0.05) is 48.5 Å². The Morgan fingerprint density at radius 1 is 0.873 bits per heavy atom. The lowest BCUT2D eigenvalue weighted by molar-refractivity contribution is -0.137. The van der Waals surface area contributed by atoms with Gasteiger partial charge in [0.25, 0.3) is 0 Å². The van der Waals surface area contributed by atoms with E-state index in [0.29, 0.717) is 12.5 Å². The summed E-state index contributed by atoms with van der Waals surface area (Å²) in [6.07, 6.45) is 5.72. The Balaban J connectivity index is 0.00000261. The molecule has 0 spiro atoms. The summed E-state index contributed by atoms with van der Waals surface area (Å²) in [6.45, 7) is 13.4. The first-order chi connectivity index (χ1) is 24.3. The monoisotopic (exact) mass is 826 g/mol. The first kappa shape index (κ1) is 47.6. The zero-order chi connectivity index (χ0) is 36.4. The van der Waals surface area contributed by atoms with Crippen molar-refractivity contribution in [2.75, 3.05) is 20.2 Å². The summed E-state index contributed by atoms with van der Waals surface area (Å²) in [5, 5.41) is 2.74. The zero-order valence-corrected chi connectivity index (χ0v) is 36.9. The van der Waals surface area contributed by atoms with Gasteiger partial charge in [-0.05, 0) is 78.5 Å². The fraction of sp³-hybridized carbons (Fsp3) is 0.488. The summed E-state index contributed by atoms with van der Waals surface area (Å²) in [5.41, 5.74) is 6.30. The molecule has 3 aromatic rings. The van der Waals surface area contributed by atoms with E-state index in [-0.39, 0.29) is 83.8 Å². The van der Waals surface area contributed by atoms with Crippen LogP contribution in [0.4, 0.5) is 4.79 Å². The number of alkyl carbamates (subject to hydrolysis) is 1. The normalized spacial score (nSPS) is 18.7. The van der Waals surface area contributed by atoms with E-state index in [4.69, 9.17) is 14.7 Å². The van der Waals surface area contributed by atoms with Crippen LogP contribution in [0, 0.1) is 29.1 Å². The number of hydrogen-bond acceptors (Lipinski definition) is 6. The molecule has 2 saturated heterocycles. The maximum Gasteiger partial charge on any atom is 0.407 e. The van der Waals surface area contributed by atoms with Crippen LogP contribution < -0.4 is 5.32 Å². The summed E-state index contributed by atoms with van der Waals surface area (Å²) in [5.74, 6) is 7.74. The molecule has 2 N–H and O–H groups in total. The van der Waals surface area contributed by atoms with Crippen molar-refractivity contribution in [3.8, 4) is 11.8 Å². The minimum Gasteiger partial charge on any atom is -0.453 e. The number of aromatic amines is 1. The molecule has 4 atom stereocenters. The Labute approximate surface area is 353 Å². The van der Waals surface area contributed by atoms with E-state index in [0.717, 1.165) is 83.5 Å². The molecule has 6 rings (SSSR count). The molecule has 55 heavy (non-hydrogen) atoms. The van der Waals surface area contributed by atoms with Crippen molar-refractivity contribution in [2.45, 2.75) is 91.8 Å². The highest BCUT2D eigenvalue weighted by molar-refractivity contribution is 7.59. The van der Waals surface area contributed by atoms with Crippen LogP contribution >= 0.6 is 54.0 Å². The van der Waals surface area contributed by atoms with E-state index in [9.17, 15) is 14.4 Å². The Kier molecular flexibility index (Phi) is 17.4. The van der Waals surface area contributed by atoms with Gasteiger partial charge in [-0.25, -0.2) is 9.78 Å². The van der Waals surface area contributed by atoms with Gasteiger partial charge in [0.05, 0.1) is 30.2 Å². The number of H-pyrrole nitrogens is 1. The smallest absolute Gasteiger partial charge is 0.407 e. The third kappa shape index (κ3) is 10.7. The molecule has 0 unspecified atom stereocenters. The topological polar surface area (TPSA) is 120 Å². The van der Waals surface area contributed by atoms with Gasteiger partial charge >= 0.3 is 6.09 Å². The maximum atomic E-state index is 13.7. The second-order valence-electron chi connectivity index (χ2n) is 15.5. The minimum atomic E-state index is -0.732. The van der Waals surface area contributed by atoms with Crippen molar-refractivity contribution in [2.24, 2.45) is 22.2 Å². The lowest BCUT2D eigenvalue weighted by Gasteiger charge is -2.34. The number of likely N-dealkylation sites (tertiary alicyclic amines) is 2. The van der Waals surface area contributed by atoms with Crippen molar-refractivity contribution in [3.05, 3.63) is 71.2 Å². The standard InChI is InChI=1S/C41H50N6O4.4H2S/c1-25(2)26(3)38(48)46-20-8-10-34(46)33-23-30(24-42-33)29-17-14-27(15-18-29)12-13-28-16-19-31-32(22-28)44-37(43-31)35-11-9-21-47(35)39(49)36(41(4,5)6)45-40(50)51-7;;;;/h14-19,22,24-26,34-36H,8-11,20-21,23H2,1-7H3,(H,43,44)(H,45,50);4*1H2/t26-,34-,35-,36+;;;;/m0..../s1. The van der Waals surface area contributed by atoms with Gasteiger partial charge in [-0.3, -0.25) is 14.6 Å². The average molecular weight is 827 g/mol. The second-order valence-corrected chi connectivity index (χ2v) is 15.5. The van der Waals surface area contributed by atoms with E-state index >= 15 is 0 Å². The third-order valence-corrected chi connectivity index (χ3v) is 10.6. The molecule has 10 nitrogen and oxygen atoms in total. The fourth-order valence-corrected chi connectivity index (χ4v) is 7.23. The number of benzene rings is 2. The summed E-state index contributed by atoms with van der Waals surface area (Å²) >= 11 is 0. The van der Waals surface area contributed by atoms with Gasteiger partial charge in [-0.2, -0.15) is 54.0 Å². The van der Waals surface area contributed by atoms with Gasteiger partial charge in [-0.1, -0.05) is 65.5 Å². The van der Waals surface area contributed by atoms with E-state index in [1.807, 2.05) is 69.1 Å². The molecule has 0 aliphatic carbocycles. The molecule has 2 aromatic carbocycles. The predicted molar refractivity (Wildman–Crippen MR) is 241 cm³/mol. The van der Waals surface area contributed by atoms with Crippen molar-refractivity contribution < 1.29 is 19.1 Å². The predicted octanol–water partition coefficient (Wildman–Crippen LogP) is 7.32. The summed E-state index contributed by atoms with van der Waals surface area (Å²) < 4.78 is 4.80. The molecule has 3 aliphatic rings. The number of allylic oxidation sites excluding steroid dienone is 1. The maximum absolute atomic E-state index is 13.7. The number of ether oxygens (including phenoxy) is 1. The number of carbonyl (C=O) groups is 3. The van der Waals surface area contributed by atoms with Crippen LogP contribution in [0.1, 0.15) is 102 Å². The molecule has 2 fully saturated rings. The van der Waals surface area contributed by atoms with Gasteiger partial charge in [0.1, 0.15) is 11.9 Å². The van der Waals surface area contributed by atoms with Crippen molar-refractivity contribution in [1.29, 1.82) is 0 Å². The number of imidazole rings is 1. The van der Waals surface area contributed by atoms with Crippen LogP contribution in [0.2, 0.25) is 0 Å². The van der Waals surface area contributed by atoms with Gasteiger partial charge < -0.3 is 24.8 Å². The number of fused-ring (bicyclic) bond motifs is 1. The van der Waals surface area contributed by atoms with E-state index < -0.39 is 17.6 Å². The molecule has 0 radical (unpaired) electrons. The van der Waals surface area contributed by atoms with Crippen LogP contribution in [0.15, 0.2) is 53.7 Å². The fourth-order valence-electron chi connectivity index (χ4n) is 7.23. The number of hydrogen-bond donors (Lipinski definition) is 2. The largest absolute Gasteiger partial charge is 0.453 e. The molecular formula is C41H58N6O4S4. The highest BCUT2D eigenvalue weighted by Crippen LogP contribution is 2.35. The molecule has 3 aliphatic heterocycles. The summed E-state index contributed by atoms with van der Waals surface area (Å²) in [7, 11) is 1.30. The summed E-state index contributed by atoms with van der Waals surface area (Å²) in [6, 6.07) is 13.3. The molecular weight excluding hydrogens is 769 g/mol. The second kappa shape index (κ2) is 20.1. The number of methoxy groups -OCH3 is 1. The van der Waals surface area contributed by atoms with Gasteiger partial charge in [0.2, 0.25) is 11.8 Å². The van der Waals surface area contributed by atoms with Crippen LogP contribution in [0.3, 0.4) is 0 Å². The number of carbonyl (C=O) groups excluding carboxylic acids is 3. The summed E-state index contributed by atoms with van der Waals surface area (Å²) in [4.78, 5) is 55.9. The van der Waals surface area contributed by atoms with Crippen molar-refractivity contribution in [3.63, 3.8) is 0 Å². The quantitative estimate of drug-likeness (QED) is 0.242. The van der Waals surface area contributed by atoms with Crippen molar-refractivity contribution in [1.82, 2.24) is 25.1 Å². The lowest BCUT2D eigenvalue weighted by atomic mass is 9.85. The first-order valence-electron chi connectivity index (χ1n) is 18.2. The van der Waals surface area contributed by atoms with Crippen LogP contribution in [-0.2, 0) is 14.3 Å². The van der Waals surface area contributed by atoms with E-state index in [1.165, 1.54) is 7.11 Å². The number of rotatable bonds is 7. The lowest BCUT2D eigenvalue weighted by Crippen LogP contribution is -2.54. The number of aromatic nitrogens is 2. The van der Waals surface area contributed by atoms with Crippen LogP contribution in [0.5, 0.6) is 0 Å². The molecule has 4 heterocycles. The van der Waals surface area contributed by atoms with Crippen LogP contribution in [-0.4, -0.2) is 75.7 Å². The van der Waals surface area contributed by atoms with E-state index in [2.05, 4.69) is 53.0 Å². The molecule has 1 aromatic heterocycles. The van der Waals surface area contributed by atoms with Crippen LogP contribution in [0.25, 0.3) is 16.6 Å². The number of nitrogens with one attached hydrogen (secondary N) is 2. The zero-order valence-electron chi connectivity index (χ0n) is 32.9. The highest BCUT2D eigenvalue weighted by atomic mass is 32.1. The Morgan fingerprint density at radius 2 is 1.47 bits per heavy atom. The Hall–Kier alpha value is -3.51. The Morgan fingerprint density at radius 3 is 2.09 bits per heavy atom. The van der Waals surface area contributed by atoms with Gasteiger partial charge in [0.15, 0.2) is 0 Å². The molecule has 3 amide bonds.